The lowest BCUT2D eigenvalue weighted by atomic mass is 10.1. The summed E-state index contributed by atoms with van der Waals surface area (Å²) in [4.78, 5) is 7.02. The van der Waals surface area contributed by atoms with Gasteiger partial charge in [-0.3, -0.25) is 0 Å². The molecule has 0 spiro atoms. The minimum absolute atomic E-state index is 0.447. The van der Waals surface area contributed by atoms with Crippen molar-refractivity contribution in [3.05, 3.63) is 40.6 Å². The van der Waals surface area contributed by atoms with Crippen molar-refractivity contribution < 1.29 is 5.11 Å². The van der Waals surface area contributed by atoms with Crippen LogP contribution in [0.25, 0.3) is 0 Å². The Morgan fingerprint density at radius 2 is 2.54 bits per heavy atom. The van der Waals surface area contributed by atoms with Crippen LogP contribution in [0.3, 0.4) is 0 Å². The lowest BCUT2D eigenvalue weighted by Gasteiger charge is -2.05. The standard InChI is InChI=1S/C9H10N2OS/c12-8(7-1-4-13-6-7)5-9-10-2-3-11-9/h1-4,6,8,12H,5H2,(H,10,11). The third-order valence-electron chi connectivity index (χ3n) is 1.87. The molecule has 0 fully saturated rings. The van der Waals surface area contributed by atoms with Gasteiger partial charge in [-0.15, -0.1) is 0 Å². The van der Waals surface area contributed by atoms with Gasteiger partial charge in [0, 0.05) is 18.8 Å². The van der Waals surface area contributed by atoms with Crippen LogP contribution in [0.4, 0.5) is 0 Å². The summed E-state index contributed by atoms with van der Waals surface area (Å²) in [5.74, 6) is 0.818. The van der Waals surface area contributed by atoms with Gasteiger partial charge in [0.25, 0.3) is 0 Å². The molecule has 0 amide bonds. The topological polar surface area (TPSA) is 48.9 Å². The van der Waals surface area contributed by atoms with Crippen LogP contribution in [-0.2, 0) is 6.42 Å². The van der Waals surface area contributed by atoms with Crippen molar-refractivity contribution in [2.75, 3.05) is 0 Å². The quantitative estimate of drug-likeness (QED) is 0.782. The maximum atomic E-state index is 9.73. The molecular formula is C9H10N2OS. The third kappa shape index (κ3) is 1.96. The van der Waals surface area contributed by atoms with Gasteiger partial charge < -0.3 is 10.1 Å². The Morgan fingerprint density at radius 1 is 1.62 bits per heavy atom. The molecule has 3 nitrogen and oxygen atoms in total. The summed E-state index contributed by atoms with van der Waals surface area (Å²) in [6, 6.07) is 1.93. The van der Waals surface area contributed by atoms with Crippen molar-refractivity contribution in [2.45, 2.75) is 12.5 Å². The number of nitrogens with zero attached hydrogens (tertiary/aromatic N) is 1. The van der Waals surface area contributed by atoms with E-state index in [1.54, 1.807) is 23.7 Å². The number of aliphatic hydroxyl groups excluding tert-OH is 1. The summed E-state index contributed by atoms with van der Waals surface area (Å²) >= 11 is 1.59. The van der Waals surface area contributed by atoms with Gasteiger partial charge in [0.2, 0.25) is 0 Å². The summed E-state index contributed by atoms with van der Waals surface area (Å²) < 4.78 is 0. The molecule has 0 radical (unpaired) electrons. The predicted octanol–water partition coefficient (Wildman–Crippen LogP) is 1.75. The smallest absolute Gasteiger partial charge is 0.108 e. The van der Waals surface area contributed by atoms with E-state index in [1.807, 2.05) is 16.8 Å². The van der Waals surface area contributed by atoms with Gasteiger partial charge in [0.15, 0.2) is 0 Å². The van der Waals surface area contributed by atoms with Crippen LogP contribution in [-0.4, -0.2) is 15.1 Å². The number of hydrogen-bond donors (Lipinski definition) is 2. The first-order valence-electron chi connectivity index (χ1n) is 4.04. The van der Waals surface area contributed by atoms with Gasteiger partial charge in [-0.1, -0.05) is 0 Å². The number of rotatable bonds is 3. The number of hydrogen-bond acceptors (Lipinski definition) is 3. The SMILES string of the molecule is OC(Cc1ncc[nH]1)c1ccsc1. The molecule has 1 atom stereocenters. The molecule has 68 valence electrons. The van der Waals surface area contributed by atoms with E-state index < -0.39 is 6.10 Å². The normalized spacial score (nSPS) is 13.0. The number of aromatic nitrogens is 2. The Kier molecular flexibility index (Phi) is 2.42. The Hall–Kier alpha value is -1.13. The molecule has 0 aliphatic rings. The fourth-order valence-corrected chi connectivity index (χ4v) is 1.88. The van der Waals surface area contributed by atoms with E-state index >= 15 is 0 Å². The van der Waals surface area contributed by atoms with E-state index in [0.717, 1.165) is 11.4 Å². The second-order valence-electron chi connectivity index (χ2n) is 2.81. The van der Waals surface area contributed by atoms with E-state index in [2.05, 4.69) is 9.97 Å². The molecule has 13 heavy (non-hydrogen) atoms. The molecule has 0 bridgehead atoms. The molecule has 4 heteroatoms. The lowest BCUT2D eigenvalue weighted by Crippen LogP contribution is -2.01. The van der Waals surface area contributed by atoms with Gasteiger partial charge >= 0.3 is 0 Å². The Labute approximate surface area is 80.1 Å². The van der Waals surface area contributed by atoms with E-state index in [1.165, 1.54) is 0 Å². The molecule has 2 heterocycles. The molecule has 0 saturated heterocycles. The predicted molar refractivity (Wildman–Crippen MR) is 51.6 cm³/mol. The minimum Gasteiger partial charge on any atom is -0.388 e. The number of aliphatic hydroxyl groups is 1. The molecule has 0 aliphatic carbocycles. The highest BCUT2D eigenvalue weighted by Crippen LogP contribution is 2.18. The third-order valence-corrected chi connectivity index (χ3v) is 2.57. The summed E-state index contributed by atoms with van der Waals surface area (Å²) in [5, 5.41) is 13.6. The Balaban J connectivity index is 2.04. The maximum Gasteiger partial charge on any atom is 0.108 e. The zero-order valence-electron chi connectivity index (χ0n) is 6.97. The monoisotopic (exact) mass is 194 g/mol. The Morgan fingerprint density at radius 3 is 3.15 bits per heavy atom. The summed E-state index contributed by atoms with van der Waals surface area (Å²) in [5.41, 5.74) is 0.960. The molecule has 0 aliphatic heterocycles. The van der Waals surface area contributed by atoms with Crippen molar-refractivity contribution in [1.82, 2.24) is 9.97 Å². The van der Waals surface area contributed by atoms with Gasteiger partial charge in [0.05, 0.1) is 6.10 Å². The van der Waals surface area contributed by atoms with E-state index in [-0.39, 0.29) is 0 Å². The van der Waals surface area contributed by atoms with Crippen molar-refractivity contribution in [3.63, 3.8) is 0 Å². The van der Waals surface area contributed by atoms with Crippen LogP contribution in [0.5, 0.6) is 0 Å². The summed E-state index contributed by atoms with van der Waals surface area (Å²) in [6.07, 6.45) is 3.55. The highest BCUT2D eigenvalue weighted by Gasteiger charge is 2.09. The summed E-state index contributed by atoms with van der Waals surface area (Å²) in [6.45, 7) is 0. The minimum atomic E-state index is -0.447. The zero-order chi connectivity index (χ0) is 9.10. The lowest BCUT2D eigenvalue weighted by molar-refractivity contribution is 0.176. The fraction of sp³-hybridized carbons (Fsp3) is 0.222. The number of thiophene rings is 1. The first-order chi connectivity index (χ1) is 6.36. The van der Waals surface area contributed by atoms with Crippen LogP contribution in [0, 0.1) is 0 Å². The molecule has 2 aromatic rings. The maximum absolute atomic E-state index is 9.73. The molecule has 2 aromatic heterocycles. The largest absolute Gasteiger partial charge is 0.388 e. The van der Waals surface area contributed by atoms with Crippen molar-refractivity contribution in [1.29, 1.82) is 0 Å². The number of H-pyrrole nitrogens is 1. The molecule has 0 aromatic carbocycles. The van der Waals surface area contributed by atoms with Gasteiger partial charge in [0.1, 0.15) is 5.82 Å². The second-order valence-corrected chi connectivity index (χ2v) is 3.59. The second kappa shape index (κ2) is 3.72. The number of imidazole rings is 1. The van der Waals surface area contributed by atoms with Crippen LogP contribution in [0.1, 0.15) is 17.5 Å². The van der Waals surface area contributed by atoms with Crippen LogP contribution < -0.4 is 0 Å². The summed E-state index contributed by atoms with van der Waals surface area (Å²) in [7, 11) is 0. The van der Waals surface area contributed by atoms with Crippen molar-refractivity contribution in [3.8, 4) is 0 Å². The number of nitrogens with one attached hydrogen (secondary N) is 1. The Bertz CT molecular complexity index is 342. The average Bonchev–Trinajstić information content (AvgIpc) is 2.74. The zero-order valence-corrected chi connectivity index (χ0v) is 7.79. The first kappa shape index (κ1) is 8.47. The van der Waals surface area contributed by atoms with Gasteiger partial charge in [-0.2, -0.15) is 11.3 Å². The highest BCUT2D eigenvalue weighted by atomic mass is 32.1. The molecular weight excluding hydrogens is 184 g/mol. The van der Waals surface area contributed by atoms with Crippen molar-refractivity contribution >= 4 is 11.3 Å². The molecule has 2 rings (SSSR count). The molecule has 1 unspecified atom stereocenters. The van der Waals surface area contributed by atoms with Crippen LogP contribution in [0.15, 0.2) is 29.2 Å². The van der Waals surface area contributed by atoms with E-state index in [9.17, 15) is 5.11 Å². The van der Waals surface area contributed by atoms with Crippen molar-refractivity contribution in [2.24, 2.45) is 0 Å². The van der Waals surface area contributed by atoms with E-state index in [0.29, 0.717) is 6.42 Å². The van der Waals surface area contributed by atoms with Crippen LogP contribution in [0.2, 0.25) is 0 Å². The van der Waals surface area contributed by atoms with E-state index in [4.69, 9.17) is 0 Å². The average molecular weight is 194 g/mol. The molecule has 2 N–H and O–H groups in total. The molecule has 0 saturated carbocycles. The van der Waals surface area contributed by atoms with Gasteiger partial charge in [-0.05, 0) is 22.4 Å². The van der Waals surface area contributed by atoms with Gasteiger partial charge in [-0.25, -0.2) is 4.98 Å². The van der Waals surface area contributed by atoms with Crippen LogP contribution >= 0.6 is 11.3 Å². The number of aromatic amines is 1. The fourth-order valence-electron chi connectivity index (χ4n) is 1.18. The highest BCUT2D eigenvalue weighted by molar-refractivity contribution is 7.07. The first-order valence-corrected chi connectivity index (χ1v) is 4.99.